The molecule has 1 N–H and O–H groups in total. The molecular formula is C13H16N4O2S. The normalized spacial score (nSPS) is 12.3. The molecule has 0 radical (unpaired) electrons. The van der Waals surface area contributed by atoms with Crippen molar-refractivity contribution in [2.75, 3.05) is 7.05 Å². The number of nitro benzene ring substituents is 1. The van der Waals surface area contributed by atoms with Gasteiger partial charge in [0.1, 0.15) is 10.0 Å². The smallest absolute Gasteiger partial charge is 0.270 e. The van der Waals surface area contributed by atoms with Crippen LogP contribution in [0.3, 0.4) is 0 Å². The molecule has 2 rings (SSSR count). The number of hydrogen-bond acceptors (Lipinski definition) is 6. The molecule has 0 saturated carbocycles. The number of non-ortho nitro benzene ring substituents is 1. The molecule has 7 heteroatoms. The Balaban J connectivity index is 2.39. The highest BCUT2D eigenvalue weighted by Gasteiger charge is 2.16. The van der Waals surface area contributed by atoms with Crippen molar-refractivity contribution in [2.24, 2.45) is 0 Å². The summed E-state index contributed by atoms with van der Waals surface area (Å²) < 4.78 is 0. The van der Waals surface area contributed by atoms with Crippen LogP contribution < -0.4 is 5.32 Å². The molecule has 0 saturated heterocycles. The Bertz CT molecular complexity index is 623. The summed E-state index contributed by atoms with van der Waals surface area (Å²) in [6.45, 7) is 3.90. The molecule has 1 aromatic heterocycles. The van der Waals surface area contributed by atoms with Gasteiger partial charge < -0.3 is 5.32 Å². The molecule has 0 amide bonds. The zero-order valence-electron chi connectivity index (χ0n) is 11.6. The predicted octanol–water partition coefficient (Wildman–Crippen LogP) is 3.09. The fourth-order valence-corrected chi connectivity index (χ4v) is 3.01. The van der Waals surface area contributed by atoms with Crippen LogP contribution in [0.1, 0.15) is 30.0 Å². The quantitative estimate of drug-likeness (QED) is 0.676. The lowest BCUT2D eigenvalue weighted by Crippen LogP contribution is -2.14. The highest BCUT2D eigenvalue weighted by Crippen LogP contribution is 2.30. The van der Waals surface area contributed by atoms with E-state index >= 15 is 0 Å². The van der Waals surface area contributed by atoms with Gasteiger partial charge in [0.05, 0.1) is 11.0 Å². The Morgan fingerprint density at radius 3 is 2.75 bits per heavy atom. The predicted molar refractivity (Wildman–Crippen MR) is 78.8 cm³/mol. The van der Waals surface area contributed by atoms with E-state index in [2.05, 4.69) is 22.4 Å². The molecule has 2 aromatic rings. The summed E-state index contributed by atoms with van der Waals surface area (Å²) in [6, 6.07) is 5.14. The van der Waals surface area contributed by atoms with Crippen LogP contribution >= 0.6 is 11.3 Å². The van der Waals surface area contributed by atoms with E-state index in [-0.39, 0.29) is 16.7 Å². The number of hydrogen-bond donors (Lipinski definition) is 1. The van der Waals surface area contributed by atoms with Crippen molar-refractivity contribution in [1.29, 1.82) is 0 Å². The van der Waals surface area contributed by atoms with E-state index in [1.807, 2.05) is 20.0 Å². The molecule has 0 bridgehead atoms. The third-order valence-corrected chi connectivity index (χ3v) is 4.10. The molecule has 20 heavy (non-hydrogen) atoms. The summed E-state index contributed by atoms with van der Waals surface area (Å²) >= 11 is 1.47. The summed E-state index contributed by atoms with van der Waals surface area (Å²) in [5, 5.41) is 24.0. The molecule has 6 nitrogen and oxygen atoms in total. The molecule has 0 fully saturated rings. The molecule has 106 valence electrons. The van der Waals surface area contributed by atoms with Crippen LogP contribution in [0.4, 0.5) is 5.69 Å². The first-order chi connectivity index (χ1) is 9.55. The van der Waals surface area contributed by atoms with Crippen LogP contribution in [0.25, 0.3) is 10.6 Å². The fourth-order valence-electron chi connectivity index (χ4n) is 1.99. The Morgan fingerprint density at radius 1 is 1.40 bits per heavy atom. The fraction of sp³-hybridized carbons (Fsp3) is 0.385. The molecule has 1 unspecified atom stereocenters. The van der Waals surface area contributed by atoms with Crippen LogP contribution in [0.2, 0.25) is 0 Å². The topological polar surface area (TPSA) is 81.0 Å². The van der Waals surface area contributed by atoms with Crippen LogP contribution in [-0.4, -0.2) is 22.2 Å². The molecule has 1 aromatic carbocycles. The molecular weight excluding hydrogens is 276 g/mol. The Hall–Kier alpha value is -1.86. The van der Waals surface area contributed by atoms with Gasteiger partial charge in [0.15, 0.2) is 0 Å². The maximum absolute atomic E-state index is 10.9. The van der Waals surface area contributed by atoms with Gasteiger partial charge in [-0.1, -0.05) is 18.3 Å². The van der Waals surface area contributed by atoms with Gasteiger partial charge in [0, 0.05) is 17.7 Å². The van der Waals surface area contributed by atoms with Gasteiger partial charge in [0.25, 0.3) is 5.69 Å². The minimum atomic E-state index is -0.388. The largest absolute Gasteiger partial charge is 0.311 e. The zero-order valence-corrected chi connectivity index (χ0v) is 12.4. The lowest BCUT2D eigenvalue weighted by molar-refractivity contribution is -0.384. The average molecular weight is 292 g/mol. The van der Waals surface area contributed by atoms with E-state index in [0.29, 0.717) is 5.01 Å². The van der Waals surface area contributed by atoms with E-state index in [1.54, 1.807) is 6.07 Å². The highest BCUT2D eigenvalue weighted by molar-refractivity contribution is 7.14. The first-order valence-electron chi connectivity index (χ1n) is 6.32. The van der Waals surface area contributed by atoms with Crippen molar-refractivity contribution >= 4 is 17.0 Å². The minimum Gasteiger partial charge on any atom is -0.311 e. The number of rotatable bonds is 5. The number of benzene rings is 1. The van der Waals surface area contributed by atoms with Gasteiger partial charge in [-0.15, -0.1) is 10.2 Å². The van der Waals surface area contributed by atoms with Crippen LogP contribution in [-0.2, 0) is 0 Å². The van der Waals surface area contributed by atoms with Gasteiger partial charge in [-0.3, -0.25) is 10.1 Å². The second-order valence-corrected chi connectivity index (χ2v) is 5.52. The van der Waals surface area contributed by atoms with Crippen molar-refractivity contribution < 1.29 is 4.92 Å². The maximum atomic E-state index is 10.9. The molecule has 1 heterocycles. The van der Waals surface area contributed by atoms with E-state index in [9.17, 15) is 10.1 Å². The molecule has 0 aliphatic carbocycles. The summed E-state index contributed by atoms with van der Waals surface area (Å²) in [7, 11) is 1.88. The monoisotopic (exact) mass is 292 g/mol. The maximum Gasteiger partial charge on any atom is 0.270 e. The lowest BCUT2D eigenvalue weighted by Gasteiger charge is -2.08. The third kappa shape index (κ3) is 3.00. The Labute approximate surface area is 121 Å². The molecule has 0 aliphatic rings. The summed E-state index contributed by atoms with van der Waals surface area (Å²) in [5.74, 6) is 0. The van der Waals surface area contributed by atoms with Crippen molar-refractivity contribution in [3.8, 4) is 10.6 Å². The van der Waals surface area contributed by atoms with Crippen LogP contribution in [0.15, 0.2) is 18.2 Å². The Morgan fingerprint density at radius 2 is 2.15 bits per heavy atom. The molecule has 0 aliphatic heterocycles. The second-order valence-electron chi connectivity index (χ2n) is 4.51. The number of aryl methyl sites for hydroxylation is 1. The van der Waals surface area contributed by atoms with Gasteiger partial charge in [-0.2, -0.15) is 0 Å². The number of nitrogens with one attached hydrogen (secondary N) is 1. The Kier molecular flexibility index (Phi) is 4.41. The van der Waals surface area contributed by atoms with E-state index in [0.717, 1.165) is 22.6 Å². The number of nitrogens with zero attached hydrogens (tertiary/aromatic N) is 3. The SMILES string of the molecule is CCC(NC)c1nnc(-c2cc(C)cc([N+](=O)[O-])c2)s1. The van der Waals surface area contributed by atoms with Crippen LogP contribution in [0.5, 0.6) is 0 Å². The van der Waals surface area contributed by atoms with E-state index in [1.165, 1.54) is 17.4 Å². The third-order valence-electron chi connectivity index (χ3n) is 3.02. The minimum absolute atomic E-state index is 0.0809. The summed E-state index contributed by atoms with van der Waals surface area (Å²) in [6.07, 6.45) is 0.916. The number of nitro groups is 1. The van der Waals surface area contributed by atoms with Gasteiger partial charge >= 0.3 is 0 Å². The van der Waals surface area contributed by atoms with Crippen molar-refractivity contribution in [3.05, 3.63) is 38.9 Å². The average Bonchev–Trinajstić information content (AvgIpc) is 2.89. The van der Waals surface area contributed by atoms with Gasteiger partial charge in [-0.05, 0) is 32.0 Å². The second kappa shape index (κ2) is 6.06. The van der Waals surface area contributed by atoms with E-state index < -0.39 is 0 Å². The highest BCUT2D eigenvalue weighted by atomic mass is 32.1. The van der Waals surface area contributed by atoms with Crippen molar-refractivity contribution in [3.63, 3.8) is 0 Å². The first kappa shape index (κ1) is 14.5. The van der Waals surface area contributed by atoms with Crippen molar-refractivity contribution in [2.45, 2.75) is 26.3 Å². The lowest BCUT2D eigenvalue weighted by atomic mass is 10.1. The first-order valence-corrected chi connectivity index (χ1v) is 7.14. The van der Waals surface area contributed by atoms with Crippen molar-refractivity contribution in [1.82, 2.24) is 15.5 Å². The molecule has 1 atom stereocenters. The number of aromatic nitrogens is 2. The van der Waals surface area contributed by atoms with Gasteiger partial charge in [-0.25, -0.2) is 0 Å². The summed E-state index contributed by atoms with van der Waals surface area (Å²) in [4.78, 5) is 10.5. The standard InChI is InChI=1S/C13H16N4O2S/c1-4-11(14-3)13-16-15-12(20-13)9-5-8(2)6-10(7-9)17(18)19/h5-7,11,14H,4H2,1-3H3. The van der Waals surface area contributed by atoms with E-state index in [4.69, 9.17) is 0 Å². The van der Waals surface area contributed by atoms with Crippen LogP contribution in [0, 0.1) is 17.0 Å². The zero-order chi connectivity index (χ0) is 14.7. The van der Waals surface area contributed by atoms with Gasteiger partial charge in [0.2, 0.25) is 0 Å². The summed E-state index contributed by atoms with van der Waals surface area (Å²) in [5.41, 5.74) is 1.66. The molecule has 0 spiro atoms.